The van der Waals surface area contributed by atoms with Crippen molar-refractivity contribution in [3.8, 4) is 10.4 Å². The fourth-order valence-corrected chi connectivity index (χ4v) is 3.04. The number of ether oxygens (including phenoxy) is 1. The lowest BCUT2D eigenvalue weighted by molar-refractivity contribution is 0.0607. The van der Waals surface area contributed by atoms with Crippen molar-refractivity contribution in [2.24, 2.45) is 4.99 Å². The fraction of sp³-hybridized carbons (Fsp3) is 0.200. The van der Waals surface area contributed by atoms with Gasteiger partial charge in [0, 0.05) is 29.6 Å². The SMILES string of the molecule is COC(=O)c1sc(-c2ccccc2Cl)cc1/N=C/N(C)C. The summed E-state index contributed by atoms with van der Waals surface area (Å²) < 4.78 is 4.81. The minimum absolute atomic E-state index is 0.399. The molecule has 0 atom stereocenters. The molecule has 0 aliphatic heterocycles. The van der Waals surface area contributed by atoms with E-state index in [0.717, 1.165) is 10.4 Å². The third-order valence-corrected chi connectivity index (χ3v) is 4.12. The third kappa shape index (κ3) is 3.62. The molecule has 1 aromatic heterocycles. The highest BCUT2D eigenvalue weighted by Crippen LogP contribution is 2.39. The second-order valence-electron chi connectivity index (χ2n) is 4.50. The maximum absolute atomic E-state index is 11.9. The second-order valence-corrected chi connectivity index (χ2v) is 5.96. The minimum Gasteiger partial charge on any atom is -0.465 e. The van der Waals surface area contributed by atoms with E-state index < -0.39 is 5.97 Å². The van der Waals surface area contributed by atoms with E-state index in [1.165, 1.54) is 18.4 Å². The largest absolute Gasteiger partial charge is 0.465 e. The van der Waals surface area contributed by atoms with Gasteiger partial charge in [0.25, 0.3) is 0 Å². The van der Waals surface area contributed by atoms with Gasteiger partial charge in [-0.2, -0.15) is 0 Å². The maximum Gasteiger partial charge on any atom is 0.350 e. The molecule has 2 aromatic rings. The molecule has 0 radical (unpaired) electrons. The molecule has 4 nitrogen and oxygen atoms in total. The van der Waals surface area contributed by atoms with Gasteiger partial charge in [0.2, 0.25) is 0 Å². The van der Waals surface area contributed by atoms with Crippen LogP contribution >= 0.6 is 22.9 Å². The Labute approximate surface area is 132 Å². The normalized spacial score (nSPS) is 10.9. The molecular weight excluding hydrogens is 308 g/mol. The van der Waals surface area contributed by atoms with E-state index in [2.05, 4.69) is 4.99 Å². The Morgan fingerprint density at radius 1 is 1.38 bits per heavy atom. The molecular formula is C15H15ClN2O2S. The molecule has 0 spiro atoms. The Balaban J connectivity index is 2.50. The van der Waals surface area contributed by atoms with Crippen LogP contribution in [0.3, 0.4) is 0 Å². The van der Waals surface area contributed by atoms with Crippen molar-refractivity contribution in [2.45, 2.75) is 0 Å². The van der Waals surface area contributed by atoms with Crippen LogP contribution in [0.4, 0.5) is 5.69 Å². The average molecular weight is 323 g/mol. The number of thiophene rings is 1. The Morgan fingerprint density at radius 2 is 2.10 bits per heavy atom. The van der Waals surface area contributed by atoms with Crippen LogP contribution in [0, 0.1) is 0 Å². The number of aliphatic imine (C=N–C) groups is 1. The summed E-state index contributed by atoms with van der Waals surface area (Å²) in [6.45, 7) is 0. The number of hydrogen-bond donors (Lipinski definition) is 0. The van der Waals surface area contributed by atoms with E-state index in [1.807, 2.05) is 44.4 Å². The molecule has 2 rings (SSSR count). The van der Waals surface area contributed by atoms with Gasteiger partial charge in [-0.3, -0.25) is 0 Å². The first-order valence-corrected chi connectivity index (χ1v) is 7.40. The topological polar surface area (TPSA) is 41.9 Å². The van der Waals surface area contributed by atoms with Gasteiger partial charge in [-0.1, -0.05) is 29.8 Å². The number of hydrogen-bond acceptors (Lipinski definition) is 4. The number of methoxy groups -OCH3 is 1. The molecule has 1 heterocycles. The summed E-state index contributed by atoms with van der Waals surface area (Å²) in [5, 5.41) is 0.637. The molecule has 0 bridgehead atoms. The zero-order valence-corrected chi connectivity index (χ0v) is 13.5. The van der Waals surface area contributed by atoms with Gasteiger partial charge >= 0.3 is 5.97 Å². The summed E-state index contributed by atoms with van der Waals surface area (Å²) in [6, 6.07) is 9.34. The zero-order chi connectivity index (χ0) is 15.4. The van der Waals surface area contributed by atoms with E-state index in [4.69, 9.17) is 16.3 Å². The predicted octanol–water partition coefficient (Wildman–Crippen LogP) is 4.08. The van der Waals surface area contributed by atoms with Crippen LogP contribution in [0.15, 0.2) is 35.3 Å². The lowest BCUT2D eigenvalue weighted by atomic mass is 10.2. The molecule has 0 saturated heterocycles. The summed E-state index contributed by atoms with van der Waals surface area (Å²) in [4.78, 5) is 19.3. The van der Waals surface area contributed by atoms with Crippen LogP contribution in [0.5, 0.6) is 0 Å². The van der Waals surface area contributed by atoms with Crippen LogP contribution in [0.25, 0.3) is 10.4 Å². The Morgan fingerprint density at radius 3 is 2.71 bits per heavy atom. The number of carbonyl (C=O) groups excluding carboxylic acids is 1. The number of benzene rings is 1. The van der Waals surface area contributed by atoms with Crippen molar-refractivity contribution in [3.63, 3.8) is 0 Å². The van der Waals surface area contributed by atoms with Gasteiger partial charge in [0.05, 0.1) is 19.1 Å². The minimum atomic E-state index is -0.399. The number of nitrogens with zero attached hydrogens (tertiary/aromatic N) is 2. The Hall–Kier alpha value is -1.85. The highest BCUT2D eigenvalue weighted by Gasteiger charge is 2.18. The highest BCUT2D eigenvalue weighted by molar-refractivity contribution is 7.18. The molecule has 1 aromatic carbocycles. The van der Waals surface area contributed by atoms with Crippen LogP contribution in [-0.2, 0) is 4.74 Å². The highest BCUT2D eigenvalue weighted by atomic mass is 35.5. The van der Waals surface area contributed by atoms with E-state index in [-0.39, 0.29) is 0 Å². The van der Waals surface area contributed by atoms with Gasteiger partial charge < -0.3 is 9.64 Å². The summed E-state index contributed by atoms with van der Waals surface area (Å²) >= 11 is 7.53. The van der Waals surface area contributed by atoms with Crippen molar-refractivity contribution >= 4 is 40.9 Å². The van der Waals surface area contributed by atoms with Crippen molar-refractivity contribution in [1.82, 2.24) is 4.90 Å². The molecule has 0 N–H and O–H groups in total. The van der Waals surface area contributed by atoms with E-state index in [0.29, 0.717) is 15.6 Å². The van der Waals surface area contributed by atoms with Crippen molar-refractivity contribution in [1.29, 1.82) is 0 Å². The molecule has 21 heavy (non-hydrogen) atoms. The number of carbonyl (C=O) groups is 1. The third-order valence-electron chi connectivity index (χ3n) is 2.65. The van der Waals surface area contributed by atoms with E-state index >= 15 is 0 Å². The molecule has 0 unspecified atom stereocenters. The Kier molecular flexibility index (Phi) is 4.98. The van der Waals surface area contributed by atoms with Crippen LogP contribution in [0.2, 0.25) is 5.02 Å². The molecule has 0 saturated carbocycles. The summed E-state index contributed by atoms with van der Waals surface area (Å²) in [7, 11) is 5.09. The van der Waals surface area contributed by atoms with Crippen LogP contribution in [0.1, 0.15) is 9.67 Å². The molecule has 0 amide bonds. The average Bonchev–Trinajstić information content (AvgIpc) is 2.88. The summed E-state index contributed by atoms with van der Waals surface area (Å²) in [5.74, 6) is -0.399. The van der Waals surface area contributed by atoms with E-state index in [1.54, 1.807) is 11.2 Å². The van der Waals surface area contributed by atoms with Gasteiger partial charge in [-0.15, -0.1) is 11.3 Å². The van der Waals surface area contributed by atoms with E-state index in [9.17, 15) is 4.79 Å². The standard InChI is InChI=1S/C15H15ClN2O2S/c1-18(2)9-17-12-8-13(21-14(12)15(19)20-3)10-6-4-5-7-11(10)16/h4-9H,1-3H3/b17-9+. The van der Waals surface area contributed by atoms with Crippen LogP contribution < -0.4 is 0 Å². The number of halogens is 1. The number of rotatable bonds is 4. The number of esters is 1. The first-order chi connectivity index (χ1) is 10.0. The van der Waals surface area contributed by atoms with Gasteiger partial charge in [0.1, 0.15) is 4.88 Å². The Bertz CT molecular complexity index is 680. The lowest BCUT2D eigenvalue weighted by Gasteiger charge is -2.02. The molecule has 6 heteroatoms. The second kappa shape index (κ2) is 6.74. The summed E-state index contributed by atoms with van der Waals surface area (Å²) in [6.07, 6.45) is 1.64. The van der Waals surface area contributed by atoms with Gasteiger partial charge in [0.15, 0.2) is 0 Å². The summed E-state index contributed by atoms with van der Waals surface area (Å²) in [5.41, 5.74) is 1.45. The molecule has 110 valence electrons. The van der Waals surface area contributed by atoms with Gasteiger partial charge in [-0.25, -0.2) is 9.79 Å². The van der Waals surface area contributed by atoms with Gasteiger partial charge in [-0.05, 0) is 12.1 Å². The quantitative estimate of drug-likeness (QED) is 0.484. The first-order valence-electron chi connectivity index (χ1n) is 6.20. The maximum atomic E-state index is 11.9. The zero-order valence-electron chi connectivity index (χ0n) is 12.0. The molecule has 0 aliphatic rings. The van der Waals surface area contributed by atoms with Crippen molar-refractivity contribution in [3.05, 3.63) is 40.2 Å². The first kappa shape index (κ1) is 15.5. The molecule has 0 fully saturated rings. The van der Waals surface area contributed by atoms with Crippen LogP contribution in [-0.4, -0.2) is 38.4 Å². The smallest absolute Gasteiger partial charge is 0.350 e. The molecule has 0 aliphatic carbocycles. The fourth-order valence-electron chi connectivity index (χ4n) is 1.69. The van der Waals surface area contributed by atoms with Crippen molar-refractivity contribution in [2.75, 3.05) is 21.2 Å². The van der Waals surface area contributed by atoms with Crippen molar-refractivity contribution < 1.29 is 9.53 Å². The monoisotopic (exact) mass is 322 g/mol. The lowest BCUT2D eigenvalue weighted by Crippen LogP contribution is -2.07. The predicted molar refractivity (Wildman–Crippen MR) is 87.9 cm³/mol.